The second kappa shape index (κ2) is 4.00. The minimum Gasteiger partial charge on any atom is -0.503 e. The summed E-state index contributed by atoms with van der Waals surface area (Å²) >= 11 is 0. The van der Waals surface area contributed by atoms with E-state index in [-0.39, 0.29) is 23.6 Å². The first-order valence-electron chi connectivity index (χ1n) is 4.20. The van der Waals surface area contributed by atoms with Crippen LogP contribution in [0.2, 0.25) is 0 Å². The molecule has 0 aliphatic carbocycles. The lowest BCUT2D eigenvalue weighted by Gasteiger charge is -2.09. The molecule has 0 aliphatic rings. The number of hydrogen-bond donors (Lipinski definition) is 2. The van der Waals surface area contributed by atoms with Gasteiger partial charge in [-0.25, -0.2) is 0 Å². The first kappa shape index (κ1) is 10.4. The van der Waals surface area contributed by atoms with E-state index in [2.05, 4.69) is 0 Å². The van der Waals surface area contributed by atoms with Crippen LogP contribution in [0.4, 0.5) is 5.69 Å². The van der Waals surface area contributed by atoms with E-state index in [9.17, 15) is 9.90 Å². The summed E-state index contributed by atoms with van der Waals surface area (Å²) in [6, 6.07) is 3.26. The van der Waals surface area contributed by atoms with Crippen LogP contribution in [0.3, 0.4) is 0 Å². The molecule has 0 spiro atoms. The SMILES string of the molecule is COc1ccc(CC(C)=O)c(N)c1O. The van der Waals surface area contributed by atoms with Gasteiger partial charge in [-0.15, -0.1) is 0 Å². The van der Waals surface area contributed by atoms with Crippen molar-refractivity contribution in [1.29, 1.82) is 0 Å². The zero-order chi connectivity index (χ0) is 10.7. The van der Waals surface area contributed by atoms with Crippen LogP contribution in [-0.2, 0) is 11.2 Å². The van der Waals surface area contributed by atoms with Gasteiger partial charge in [0.15, 0.2) is 11.5 Å². The predicted octanol–water partition coefficient (Wildman–Crippen LogP) is 1.11. The number of anilines is 1. The number of nitrogens with two attached hydrogens (primary N) is 1. The van der Waals surface area contributed by atoms with Crippen LogP contribution < -0.4 is 10.5 Å². The molecule has 0 amide bonds. The average Bonchev–Trinajstić information content (AvgIpc) is 2.13. The van der Waals surface area contributed by atoms with E-state index < -0.39 is 0 Å². The monoisotopic (exact) mass is 195 g/mol. The number of methoxy groups -OCH3 is 1. The fourth-order valence-electron chi connectivity index (χ4n) is 1.22. The maximum absolute atomic E-state index is 10.9. The molecule has 0 radical (unpaired) electrons. The third-order valence-electron chi connectivity index (χ3n) is 1.93. The van der Waals surface area contributed by atoms with Crippen molar-refractivity contribution in [1.82, 2.24) is 0 Å². The van der Waals surface area contributed by atoms with Gasteiger partial charge in [0.05, 0.1) is 12.8 Å². The molecular formula is C10H13NO3. The Balaban J connectivity index is 3.10. The average molecular weight is 195 g/mol. The van der Waals surface area contributed by atoms with E-state index in [4.69, 9.17) is 10.5 Å². The molecule has 0 saturated carbocycles. The number of carbonyl (C=O) groups is 1. The molecule has 1 aromatic rings. The topological polar surface area (TPSA) is 72.5 Å². The third kappa shape index (κ3) is 1.96. The van der Waals surface area contributed by atoms with Gasteiger partial charge in [-0.05, 0) is 18.6 Å². The van der Waals surface area contributed by atoms with Crippen LogP contribution in [0.1, 0.15) is 12.5 Å². The Hall–Kier alpha value is -1.71. The molecule has 4 nitrogen and oxygen atoms in total. The highest BCUT2D eigenvalue weighted by atomic mass is 16.5. The number of phenols is 1. The molecule has 0 fully saturated rings. The smallest absolute Gasteiger partial charge is 0.181 e. The molecule has 0 unspecified atom stereocenters. The second-order valence-corrected chi connectivity index (χ2v) is 3.07. The molecule has 0 bridgehead atoms. The van der Waals surface area contributed by atoms with Crippen LogP contribution in [0, 0.1) is 0 Å². The molecule has 1 aromatic carbocycles. The quantitative estimate of drug-likeness (QED) is 0.560. The summed E-state index contributed by atoms with van der Waals surface area (Å²) < 4.78 is 4.87. The van der Waals surface area contributed by atoms with E-state index in [1.807, 2.05) is 0 Å². The summed E-state index contributed by atoms with van der Waals surface area (Å²) in [5.41, 5.74) is 6.45. The summed E-state index contributed by atoms with van der Waals surface area (Å²) in [6.07, 6.45) is 0.226. The number of ether oxygens (including phenoxy) is 1. The van der Waals surface area contributed by atoms with Gasteiger partial charge >= 0.3 is 0 Å². The van der Waals surface area contributed by atoms with E-state index in [0.717, 1.165) is 0 Å². The summed E-state index contributed by atoms with van der Waals surface area (Å²) in [4.78, 5) is 10.9. The number of Topliss-reactive ketones (excluding diaryl/α,β-unsaturated/α-hetero) is 1. The molecule has 1 rings (SSSR count). The molecule has 3 N–H and O–H groups in total. The number of nitrogen functional groups attached to an aromatic ring is 1. The Kier molecular flexibility index (Phi) is 2.96. The van der Waals surface area contributed by atoms with Crippen molar-refractivity contribution in [2.24, 2.45) is 0 Å². The molecule has 4 heteroatoms. The van der Waals surface area contributed by atoms with E-state index >= 15 is 0 Å². The molecule has 0 atom stereocenters. The van der Waals surface area contributed by atoms with Crippen molar-refractivity contribution in [3.8, 4) is 11.5 Å². The van der Waals surface area contributed by atoms with Crippen molar-refractivity contribution in [3.63, 3.8) is 0 Å². The van der Waals surface area contributed by atoms with E-state index in [0.29, 0.717) is 11.3 Å². The largest absolute Gasteiger partial charge is 0.503 e. The van der Waals surface area contributed by atoms with Gasteiger partial charge in [0, 0.05) is 6.42 Å². The third-order valence-corrected chi connectivity index (χ3v) is 1.93. The Morgan fingerprint density at radius 2 is 2.21 bits per heavy atom. The van der Waals surface area contributed by atoms with Gasteiger partial charge in [-0.1, -0.05) is 6.07 Å². The highest BCUT2D eigenvalue weighted by molar-refractivity contribution is 5.81. The van der Waals surface area contributed by atoms with Crippen LogP contribution in [0.25, 0.3) is 0 Å². The van der Waals surface area contributed by atoms with Crippen molar-refractivity contribution in [3.05, 3.63) is 17.7 Å². The number of phenolic OH excluding ortho intramolecular Hbond substituents is 1. The first-order chi connectivity index (χ1) is 6.56. The summed E-state index contributed by atoms with van der Waals surface area (Å²) in [7, 11) is 1.44. The highest BCUT2D eigenvalue weighted by Crippen LogP contribution is 2.34. The van der Waals surface area contributed by atoms with Gasteiger partial charge in [0.2, 0.25) is 0 Å². The van der Waals surface area contributed by atoms with Gasteiger partial charge < -0.3 is 15.6 Å². The Bertz CT molecular complexity index is 361. The molecular weight excluding hydrogens is 182 g/mol. The Morgan fingerprint density at radius 1 is 1.57 bits per heavy atom. The molecule has 0 heterocycles. The summed E-state index contributed by atoms with van der Waals surface area (Å²) in [6.45, 7) is 1.47. The lowest BCUT2D eigenvalue weighted by Crippen LogP contribution is -2.02. The maximum Gasteiger partial charge on any atom is 0.181 e. The molecule has 0 aromatic heterocycles. The number of rotatable bonds is 3. The molecule has 0 saturated heterocycles. The normalized spacial score (nSPS) is 9.86. The Labute approximate surface area is 82.3 Å². The number of hydrogen-bond acceptors (Lipinski definition) is 4. The van der Waals surface area contributed by atoms with Gasteiger partial charge in [-0.3, -0.25) is 4.79 Å². The maximum atomic E-state index is 10.9. The molecule has 14 heavy (non-hydrogen) atoms. The minimum atomic E-state index is -0.105. The van der Waals surface area contributed by atoms with Gasteiger partial charge in [0.1, 0.15) is 5.78 Å². The van der Waals surface area contributed by atoms with Crippen LogP contribution in [0.15, 0.2) is 12.1 Å². The van der Waals surface area contributed by atoms with Crippen LogP contribution >= 0.6 is 0 Å². The minimum absolute atomic E-state index is 0.00117. The Morgan fingerprint density at radius 3 is 2.71 bits per heavy atom. The highest BCUT2D eigenvalue weighted by Gasteiger charge is 2.10. The molecule has 0 aliphatic heterocycles. The number of carbonyl (C=O) groups excluding carboxylic acids is 1. The van der Waals surface area contributed by atoms with E-state index in [1.54, 1.807) is 12.1 Å². The fourth-order valence-corrected chi connectivity index (χ4v) is 1.22. The van der Waals surface area contributed by atoms with Crippen molar-refractivity contribution in [2.45, 2.75) is 13.3 Å². The van der Waals surface area contributed by atoms with Crippen molar-refractivity contribution >= 4 is 11.5 Å². The van der Waals surface area contributed by atoms with Crippen molar-refractivity contribution in [2.75, 3.05) is 12.8 Å². The summed E-state index contributed by atoms with van der Waals surface area (Å²) in [5, 5.41) is 9.53. The predicted molar refractivity (Wildman–Crippen MR) is 53.5 cm³/mol. The number of benzene rings is 1. The van der Waals surface area contributed by atoms with Crippen molar-refractivity contribution < 1.29 is 14.6 Å². The number of aromatic hydroxyl groups is 1. The zero-order valence-corrected chi connectivity index (χ0v) is 8.20. The van der Waals surface area contributed by atoms with E-state index in [1.165, 1.54) is 14.0 Å². The lowest BCUT2D eigenvalue weighted by molar-refractivity contribution is -0.116. The fraction of sp³-hybridized carbons (Fsp3) is 0.300. The lowest BCUT2D eigenvalue weighted by atomic mass is 10.1. The first-order valence-corrected chi connectivity index (χ1v) is 4.20. The van der Waals surface area contributed by atoms with Crippen LogP contribution in [-0.4, -0.2) is 18.0 Å². The zero-order valence-electron chi connectivity index (χ0n) is 8.20. The summed E-state index contributed by atoms with van der Waals surface area (Å²) in [5.74, 6) is 0.210. The standard InChI is InChI=1S/C10H13NO3/c1-6(12)5-7-3-4-8(14-2)10(13)9(7)11/h3-4,13H,5,11H2,1-2H3. The number of ketones is 1. The second-order valence-electron chi connectivity index (χ2n) is 3.07. The van der Waals surface area contributed by atoms with Gasteiger partial charge in [-0.2, -0.15) is 0 Å². The molecule has 76 valence electrons. The van der Waals surface area contributed by atoms with Crippen LogP contribution in [0.5, 0.6) is 11.5 Å². The van der Waals surface area contributed by atoms with Gasteiger partial charge in [0.25, 0.3) is 0 Å².